The smallest absolute Gasteiger partial charge is 0.240 e. The first-order valence-corrected chi connectivity index (χ1v) is 7.33. The molecule has 1 aromatic carbocycles. The molecule has 2 saturated heterocycles. The molecule has 1 amide bonds. The van der Waals surface area contributed by atoms with Crippen molar-refractivity contribution in [1.82, 2.24) is 10.2 Å². The van der Waals surface area contributed by atoms with E-state index in [4.69, 9.17) is 0 Å². The number of carbonyl (C=O) groups is 1. The highest BCUT2D eigenvalue weighted by atomic mass is 16.2. The van der Waals surface area contributed by atoms with Crippen LogP contribution in [0.2, 0.25) is 0 Å². The van der Waals surface area contributed by atoms with Gasteiger partial charge in [-0.05, 0) is 30.9 Å². The molecule has 3 heteroatoms. The lowest BCUT2D eigenvalue weighted by atomic mass is 9.98. The number of likely N-dealkylation sites (tertiary alicyclic amines) is 1. The molecule has 2 aliphatic rings. The average Bonchev–Trinajstić information content (AvgIpc) is 3.08. The fourth-order valence-corrected chi connectivity index (χ4v) is 3.32. The lowest BCUT2D eigenvalue weighted by molar-refractivity contribution is -0.132. The summed E-state index contributed by atoms with van der Waals surface area (Å²) in [7, 11) is 0. The van der Waals surface area contributed by atoms with E-state index in [1.165, 1.54) is 5.56 Å². The Morgan fingerprint density at radius 3 is 2.74 bits per heavy atom. The molecular formula is C16H22N2O. The standard InChI is InChI=1S/C16H22N2O/c1-12-7-9-17-15(12)16(19)18-10-8-14(11-18)13-5-3-2-4-6-13/h2-6,12,14-15,17H,7-11H2,1H3. The maximum absolute atomic E-state index is 12.5. The van der Waals surface area contributed by atoms with E-state index in [1.807, 2.05) is 6.07 Å². The molecule has 2 aliphatic heterocycles. The quantitative estimate of drug-likeness (QED) is 0.880. The van der Waals surface area contributed by atoms with Crippen LogP contribution < -0.4 is 5.32 Å². The predicted molar refractivity (Wildman–Crippen MR) is 76.0 cm³/mol. The van der Waals surface area contributed by atoms with E-state index in [0.29, 0.717) is 17.7 Å². The molecule has 0 aromatic heterocycles. The number of nitrogens with one attached hydrogen (secondary N) is 1. The number of amides is 1. The summed E-state index contributed by atoms with van der Waals surface area (Å²) in [6, 6.07) is 10.6. The molecular weight excluding hydrogens is 236 g/mol. The van der Waals surface area contributed by atoms with Crippen LogP contribution in [0, 0.1) is 5.92 Å². The molecule has 0 radical (unpaired) electrons. The van der Waals surface area contributed by atoms with Gasteiger partial charge in [-0.25, -0.2) is 0 Å². The Kier molecular flexibility index (Phi) is 3.56. The van der Waals surface area contributed by atoms with Crippen molar-refractivity contribution < 1.29 is 4.79 Å². The zero-order chi connectivity index (χ0) is 13.2. The second-order valence-corrected chi connectivity index (χ2v) is 5.88. The highest BCUT2D eigenvalue weighted by Gasteiger charge is 2.35. The molecule has 3 nitrogen and oxygen atoms in total. The van der Waals surface area contributed by atoms with Gasteiger partial charge >= 0.3 is 0 Å². The fourth-order valence-electron chi connectivity index (χ4n) is 3.32. The Balaban J connectivity index is 1.64. The minimum absolute atomic E-state index is 0.0505. The first-order valence-electron chi connectivity index (χ1n) is 7.33. The molecule has 0 aliphatic carbocycles. The Morgan fingerprint density at radius 1 is 1.26 bits per heavy atom. The summed E-state index contributed by atoms with van der Waals surface area (Å²) in [5.74, 6) is 1.30. The van der Waals surface area contributed by atoms with E-state index >= 15 is 0 Å². The molecule has 102 valence electrons. The molecule has 0 saturated carbocycles. The first kappa shape index (κ1) is 12.7. The second-order valence-electron chi connectivity index (χ2n) is 5.88. The van der Waals surface area contributed by atoms with Crippen LogP contribution in [0.25, 0.3) is 0 Å². The van der Waals surface area contributed by atoms with Gasteiger partial charge in [0.05, 0.1) is 6.04 Å². The maximum atomic E-state index is 12.5. The van der Waals surface area contributed by atoms with Crippen LogP contribution in [0.15, 0.2) is 30.3 Å². The third-order valence-electron chi connectivity index (χ3n) is 4.57. The minimum Gasteiger partial charge on any atom is -0.341 e. The SMILES string of the molecule is CC1CCNC1C(=O)N1CCC(c2ccccc2)C1. The van der Waals surface area contributed by atoms with E-state index in [2.05, 4.69) is 41.4 Å². The maximum Gasteiger partial charge on any atom is 0.240 e. The van der Waals surface area contributed by atoms with Crippen LogP contribution in [0.3, 0.4) is 0 Å². The van der Waals surface area contributed by atoms with Crippen molar-refractivity contribution in [2.24, 2.45) is 5.92 Å². The van der Waals surface area contributed by atoms with E-state index in [0.717, 1.165) is 32.5 Å². The van der Waals surface area contributed by atoms with E-state index < -0.39 is 0 Å². The Morgan fingerprint density at radius 2 is 2.05 bits per heavy atom. The molecule has 3 rings (SSSR count). The lowest BCUT2D eigenvalue weighted by Gasteiger charge is -2.23. The van der Waals surface area contributed by atoms with Gasteiger partial charge in [0, 0.05) is 19.0 Å². The van der Waals surface area contributed by atoms with Crippen molar-refractivity contribution in [1.29, 1.82) is 0 Å². The topological polar surface area (TPSA) is 32.3 Å². The summed E-state index contributed by atoms with van der Waals surface area (Å²) in [5, 5.41) is 3.35. The molecule has 2 fully saturated rings. The summed E-state index contributed by atoms with van der Waals surface area (Å²) in [4.78, 5) is 14.6. The molecule has 1 aromatic rings. The normalized spacial score (nSPS) is 30.8. The number of hydrogen-bond acceptors (Lipinski definition) is 2. The third-order valence-corrected chi connectivity index (χ3v) is 4.57. The monoisotopic (exact) mass is 258 g/mol. The van der Waals surface area contributed by atoms with Gasteiger partial charge < -0.3 is 10.2 Å². The van der Waals surface area contributed by atoms with Gasteiger partial charge in [0.25, 0.3) is 0 Å². The molecule has 2 heterocycles. The van der Waals surface area contributed by atoms with Gasteiger partial charge in [0.1, 0.15) is 0 Å². The van der Waals surface area contributed by atoms with Crippen LogP contribution in [-0.2, 0) is 4.79 Å². The van der Waals surface area contributed by atoms with Gasteiger partial charge in [0.2, 0.25) is 5.91 Å². The van der Waals surface area contributed by atoms with Crippen LogP contribution in [0.4, 0.5) is 0 Å². The van der Waals surface area contributed by atoms with Gasteiger partial charge in [0.15, 0.2) is 0 Å². The predicted octanol–water partition coefficient (Wildman–Crippen LogP) is 2.00. The highest BCUT2D eigenvalue weighted by molar-refractivity contribution is 5.83. The fraction of sp³-hybridized carbons (Fsp3) is 0.562. The minimum atomic E-state index is 0.0505. The molecule has 1 N–H and O–H groups in total. The van der Waals surface area contributed by atoms with Gasteiger partial charge in [-0.1, -0.05) is 37.3 Å². The highest BCUT2D eigenvalue weighted by Crippen LogP contribution is 2.28. The molecule has 19 heavy (non-hydrogen) atoms. The van der Waals surface area contributed by atoms with Crippen molar-refractivity contribution in [2.45, 2.75) is 31.7 Å². The Hall–Kier alpha value is -1.35. The summed E-state index contributed by atoms with van der Waals surface area (Å²) >= 11 is 0. The first-order chi connectivity index (χ1) is 9.25. The summed E-state index contributed by atoms with van der Waals surface area (Å²) < 4.78 is 0. The summed E-state index contributed by atoms with van der Waals surface area (Å²) in [6.07, 6.45) is 2.21. The van der Waals surface area contributed by atoms with Crippen molar-refractivity contribution in [3.63, 3.8) is 0 Å². The average molecular weight is 258 g/mol. The van der Waals surface area contributed by atoms with E-state index in [-0.39, 0.29) is 6.04 Å². The number of benzene rings is 1. The van der Waals surface area contributed by atoms with Crippen LogP contribution in [0.5, 0.6) is 0 Å². The van der Waals surface area contributed by atoms with Gasteiger partial charge in [-0.15, -0.1) is 0 Å². The van der Waals surface area contributed by atoms with Crippen LogP contribution in [-0.4, -0.2) is 36.5 Å². The Bertz CT molecular complexity index is 445. The zero-order valence-electron chi connectivity index (χ0n) is 11.5. The van der Waals surface area contributed by atoms with Crippen molar-refractivity contribution in [3.05, 3.63) is 35.9 Å². The van der Waals surface area contributed by atoms with Crippen molar-refractivity contribution >= 4 is 5.91 Å². The van der Waals surface area contributed by atoms with Gasteiger partial charge in [-0.3, -0.25) is 4.79 Å². The number of carbonyl (C=O) groups excluding carboxylic acids is 1. The van der Waals surface area contributed by atoms with Crippen LogP contribution in [0.1, 0.15) is 31.2 Å². The van der Waals surface area contributed by atoms with Crippen molar-refractivity contribution in [2.75, 3.05) is 19.6 Å². The molecule has 0 spiro atoms. The molecule has 3 atom stereocenters. The van der Waals surface area contributed by atoms with E-state index in [9.17, 15) is 4.79 Å². The largest absolute Gasteiger partial charge is 0.341 e. The zero-order valence-corrected chi connectivity index (χ0v) is 11.5. The second kappa shape index (κ2) is 5.33. The van der Waals surface area contributed by atoms with Gasteiger partial charge in [-0.2, -0.15) is 0 Å². The summed E-state index contributed by atoms with van der Waals surface area (Å²) in [5.41, 5.74) is 1.37. The Labute approximate surface area is 115 Å². The molecule has 0 bridgehead atoms. The summed E-state index contributed by atoms with van der Waals surface area (Å²) in [6.45, 7) is 4.94. The van der Waals surface area contributed by atoms with E-state index in [1.54, 1.807) is 0 Å². The lowest BCUT2D eigenvalue weighted by Crippen LogP contribution is -2.44. The number of nitrogens with zero attached hydrogens (tertiary/aromatic N) is 1. The third kappa shape index (κ3) is 2.52. The number of rotatable bonds is 2. The molecule has 3 unspecified atom stereocenters. The van der Waals surface area contributed by atoms with Crippen LogP contribution >= 0.6 is 0 Å². The van der Waals surface area contributed by atoms with Crippen molar-refractivity contribution in [3.8, 4) is 0 Å². The number of hydrogen-bond donors (Lipinski definition) is 1.